The minimum Gasteiger partial charge on any atom is -0.484 e. The summed E-state index contributed by atoms with van der Waals surface area (Å²) in [6, 6.07) is 15.7. The quantitative estimate of drug-likeness (QED) is 0.473. The lowest BCUT2D eigenvalue weighted by Crippen LogP contribution is -2.22. The van der Waals surface area contributed by atoms with Crippen molar-refractivity contribution in [3.05, 3.63) is 87.4 Å². The molecule has 30 heavy (non-hydrogen) atoms. The highest BCUT2D eigenvalue weighted by molar-refractivity contribution is 6.31. The molecule has 0 fully saturated rings. The zero-order valence-electron chi connectivity index (χ0n) is 16.1. The van der Waals surface area contributed by atoms with Gasteiger partial charge in [-0.3, -0.25) is 4.79 Å². The number of hydrogen-bond donors (Lipinski definition) is 1. The number of fused-ring (bicyclic) bond motifs is 1. The van der Waals surface area contributed by atoms with Crippen molar-refractivity contribution in [2.24, 2.45) is 0 Å². The average Bonchev–Trinajstić information content (AvgIpc) is 3.14. The third kappa shape index (κ3) is 4.36. The predicted octanol–water partition coefficient (Wildman–Crippen LogP) is 4.02. The van der Waals surface area contributed by atoms with Crippen molar-refractivity contribution < 1.29 is 13.9 Å². The van der Waals surface area contributed by atoms with Crippen LogP contribution >= 0.6 is 11.6 Å². The fourth-order valence-electron chi connectivity index (χ4n) is 3.08. The number of halogens is 1. The Morgan fingerprint density at radius 1 is 1.20 bits per heavy atom. The minimum absolute atomic E-state index is 0.209. The highest BCUT2D eigenvalue weighted by Crippen LogP contribution is 2.22. The molecule has 2 aromatic carbocycles. The van der Waals surface area contributed by atoms with E-state index < -0.39 is 5.63 Å². The average molecular weight is 424 g/mol. The summed E-state index contributed by atoms with van der Waals surface area (Å²) in [6.07, 6.45) is 1.60. The summed E-state index contributed by atoms with van der Waals surface area (Å²) < 4.78 is 12.4. The van der Waals surface area contributed by atoms with Gasteiger partial charge in [-0.05, 0) is 36.2 Å². The molecule has 1 N–H and O–H groups in total. The number of anilines is 1. The zero-order valence-corrected chi connectivity index (χ0v) is 16.8. The first-order valence-electron chi connectivity index (χ1n) is 9.22. The van der Waals surface area contributed by atoms with E-state index in [-0.39, 0.29) is 12.5 Å². The van der Waals surface area contributed by atoms with Gasteiger partial charge in [0, 0.05) is 28.6 Å². The van der Waals surface area contributed by atoms with E-state index in [0.717, 1.165) is 16.5 Å². The molecule has 0 radical (unpaired) electrons. The van der Waals surface area contributed by atoms with Gasteiger partial charge in [0.05, 0.1) is 12.7 Å². The number of carbonyl (C=O) groups is 1. The van der Waals surface area contributed by atoms with Crippen molar-refractivity contribution in [1.82, 2.24) is 9.78 Å². The molecule has 0 aliphatic carbocycles. The molecule has 0 aliphatic rings. The van der Waals surface area contributed by atoms with E-state index in [9.17, 15) is 9.59 Å². The van der Waals surface area contributed by atoms with Gasteiger partial charge >= 0.3 is 5.63 Å². The van der Waals surface area contributed by atoms with Gasteiger partial charge in [0.15, 0.2) is 6.61 Å². The van der Waals surface area contributed by atoms with E-state index in [1.807, 2.05) is 25.1 Å². The Kier molecular flexibility index (Phi) is 5.54. The van der Waals surface area contributed by atoms with Crippen molar-refractivity contribution in [1.29, 1.82) is 0 Å². The van der Waals surface area contributed by atoms with Gasteiger partial charge in [0.1, 0.15) is 17.2 Å². The van der Waals surface area contributed by atoms with Crippen molar-refractivity contribution in [2.45, 2.75) is 13.5 Å². The fourth-order valence-corrected chi connectivity index (χ4v) is 3.27. The third-order valence-electron chi connectivity index (χ3n) is 4.55. The maximum atomic E-state index is 12.4. The second-order valence-electron chi connectivity index (χ2n) is 6.71. The Labute approximate surface area is 176 Å². The van der Waals surface area contributed by atoms with E-state index in [4.69, 9.17) is 20.8 Å². The topological polar surface area (TPSA) is 86.4 Å². The van der Waals surface area contributed by atoms with E-state index in [1.165, 1.54) is 6.07 Å². The third-order valence-corrected chi connectivity index (χ3v) is 4.92. The molecule has 0 saturated heterocycles. The number of rotatable bonds is 6. The van der Waals surface area contributed by atoms with Crippen molar-refractivity contribution in [3.8, 4) is 5.75 Å². The normalized spacial score (nSPS) is 10.9. The molecule has 0 saturated carbocycles. The molecular formula is C22H18ClN3O4. The number of carbonyl (C=O) groups excluding carboxylic acids is 1. The Morgan fingerprint density at radius 2 is 2.03 bits per heavy atom. The van der Waals surface area contributed by atoms with Crippen LogP contribution in [0.5, 0.6) is 5.75 Å². The Hall–Kier alpha value is -3.58. The van der Waals surface area contributed by atoms with Crippen LogP contribution in [0.2, 0.25) is 5.02 Å². The highest BCUT2D eigenvalue weighted by atomic mass is 35.5. The molecule has 4 aromatic rings. The van der Waals surface area contributed by atoms with E-state index in [0.29, 0.717) is 28.7 Å². The Bertz CT molecular complexity index is 1280. The van der Waals surface area contributed by atoms with Crippen LogP contribution in [-0.2, 0) is 11.3 Å². The van der Waals surface area contributed by atoms with Gasteiger partial charge < -0.3 is 14.5 Å². The van der Waals surface area contributed by atoms with Crippen LogP contribution in [0, 0.1) is 6.92 Å². The standard InChI is InChI=1S/C22H18ClN3O4/c1-14-10-22(28)30-19-11-16(6-7-17(14)19)29-13-21(27)25-20-8-9-24-26(20)12-15-4-2-3-5-18(15)23/h2-11H,12-13H2,1H3,(H,25,27). The molecule has 7 nitrogen and oxygen atoms in total. The van der Waals surface area contributed by atoms with Crippen molar-refractivity contribution >= 4 is 34.3 Å². The Morgan fingerprint density at radius 3 is 2.87 bits per heavy atom. The minimum atomic E-state index is -0.429. The lowest BCUT2D eigenvalue weighted by atomic mass is 10.1. The molecule has 152 valence electrons. The van der Waals surface area contributed by atoms with E-state index in [2.05, 4.69) is 10.4 Å². The van der Waals surface area contributed by atoms with Crippen LogP contribution in [0.1, 0.15) is 11.1 Å². The molecular weight excluding hydrogens is 406 g/mol. The van der Waals surface area contributed by atoms with Crippen LogP contribution < -0.4 is 15.7 Å². The van der Waals surface area contributed by atoms with Gasteiger partial charge in [-0.2, -0.15) is 5.10 Å². The summed E-state index contributed by atoms with van der Waals surface area (Å²) >= 11 is 6.20. The fraction of sp³-hybridized carbons (Fsp3) is 0.136. The number of benzene rings is 2. The van der Waals surface area contributed by atoms with Gasteiger partial charge in [0.2, 0.25) is 0 Å². The maximum absolute atomic E-state index is 12.4. The van der Waals surface area contributed by atoms with Crippen LogP contribution in [0.25, 0.3) is 11.0 Å². The number of aryl methyl sites for hydroxylation is 1. The first kappa shape index (κ1) is 19.7. The molecule has 1 amide bonds. The monoisotopic (exact) mass is 423 g/mol. The smallest absolute Gasteiger partial charge is 0.336 e. The molecule has 8 heteroatoms. The molecule has 0 aliphatic heterocycles. The summed E-state index contributed by atoms with van der Waals surface area (Å²) in [4.78, 5) is 23.9. The predicted molar refractivity (Wildman–Crippen MR) is 114 cm³/mol. The molecule has 0 unspecified atom stereocenters. The highest BCUT2D eigenvalue weighted by Gasteiger charge is 2.11. The number of aromatic nitrogens is 2. The summed E-state index contributed by atoms with van der Waals surface area (Å²) in [5, 5.41) is 8.46. The van der Waals surface area contributed by atoms with Crippen LogP contribution in [0.15, 0.2) is 70.0 Å². The van der Waals surface area contributed by atoms with Crippen LogP contribution in [-0.4, -0.2) is 22.3 Å². The second kappa shape index (κ2) is 8.42. The number of ether oxygens (including phenoxy) is 1. The van der Waals surface area contributed by atoms with E-state index >= 15 is 0 Å². The van der Waals surface area contributed by atoms with Gasteiger partial charge in [-0.1, -0.05) is 29.8 Å². The molecule has 0 spiro atoms. The lowest BCUT2D eigenvalue weighted by molar-refractivity contribution is -0.118. The van der Waals surface area contributed by atoms with E-state index in [1.54, 1.807) is 41.2 Å². The van der Waals surface area contributed by atoms with Gasteiger partial charge in [-0.15, -0.1) is 0 Å². The number of nitrogens with one attached hydrogen (secondary N) is 1. The summed E-state index contributed by atoms with van der Waals surface area (Å²) in [5.74, 6) is 0.612. The SMILES string of the molecule is Cc1cc(=O)oc2cc(OCC(=O)Nc3ccnn3Cc3ccccc3Cl)ccc12. The van der Waals surface area contributed by atoms with Crippen molar-refractivity contribution in [3.63, 3.8) is 0 Å². The van der Waals surface area contributed by atoms with Crippen molar-refractivity contribution in [2.75, 3.05) is 11.9 Å². The van der Waals surface area contributed by atoms with Gasteiger partial charge in [-0.25, -0.2) is 9.48 Å². The number of hydrogen-bond acceptors (Lipinski definition) is 5. The van der Waals surface area contributed by atoms with Crippen LogP contribution in [0.3, 0.4) is 0 Å². The zero-order chi connectivity index (χ0) is 21.1. The summed E-state index contributed by atoms with van der Waals surface area (Å²) in [7, 11) is 0. The van der Waals surface area contributed by atoms with Gasteiger partial charge in [0.25, 0.3) is 5.91 Å². The second-order valence-corrected chi connectivity index (χ2v) is 7.12. The first-order valence-corrected chi connectivity index (χ1v) is 9.60. The van der Waals surface area contributed by atoms with Crippen LogP contribution in [0.4, 0.5) is 5.82 Å². The molecule has 0 bridgehead atoms. The summed E-state index contributed by atoms with van der Waals surface area (Å²) in [5.41, 5.74) is 1.69. The molecule has 2 heterocycles. The lowest BCUT2D eigenvalue weighted by Gasteiger charge is -2.11. The Balaban J connectivity index is 1.41. The number of nitrogens with zero attached hydrogens (tertiary/aromatic N) is 2. The molecule has 0 atom stereocenters. The number of amides is 1. The molecule has 4 rings (SSSR count). The maximum Gasteiger partial charge on any atom is 0.336 e. The first-order chi connectivity index (χ1) is 14.5. The summed E-state index contributed by atoms with van der Waals surface area (Å²) in [6.45, 7) is 2.05. The molecule has 2 aromatic heterocycles. The largest absolute Gasteiger partial charge is 0.484 e.